The van der Waals surface area contributed by atoms with Crippen molar-refractivity contribution >= 4 is 23.2 Å². The van der Waals surface area contributed by atoms with E-state index in [0.717, 1.165) is 4.90 Å². The van der Waals surface area contributed by atoms with Crippen molar-refractivity contribution in [1.82, 2.24) is 9.88 Å². The lowest BCUT2D eigenvalue weighted by molar-refractivity contribution is -0.268. The molecule has 1 atom stereocenters. The Labute approximate surface area is 139 Å². The van der Waals surface area contributed by atoms with Crippen LogP contribution in [0.5, 0.6) is 0 Å². The maximum Gasteiger partial charge on any atom is 0.424 e. The number of hydrogen-bond donors (Lipinski definition) is 2. The van der Waals surface area contributed by atoms with E-state index in [1.807, 2.05) is 0 Å². The summed E-state index contributed by atoms with van der Waals surface area (Å²) in [6.07, 6.45) is -5.85. The Bertz CT molecular complexity index is 626. The highest BCUT2D eigenvalue weighted by Crippen LogP contribution is 2.43. The van der Waals surface area contributed by atoms with Crippen LogP contribution in [0.3, 0.4) is 0 Å². The number of likely N-dealkylation sites (tertiary alicyclic amines) is 1. The van der Waals surface area contributed by atoms with Crippen molar-refractivity contribution in [1.29, 1.82) is 0 Å². The highest BCUT2D eigenvalue weighted by Gasteiger charge is 2.58. The molecule has 1 aliphatic rings. The monoisotopic (exact) mass is 366 g/mol. The van der Waals surface area contributed by atoms with Gasteiger partial charge in [-0.25, -0.2) is 4.98 Å². The minimum absolute atomic E-state index is 0.0562. The second kappa shape index (κ2) is 6.67. The van der Waals surface area contributed by atoms with Crippen molar-refractivity contribution in [2.24, 2.45) is 5.92 Å². The number of thiazole rings is 1. The summed E-state index contributed by atoms with van der Waals surface area (Å²) in [5, 5.41) is 19.9. The highest BCUT2D eigenvalue weighted by atomic mass is 32.1. The maximum atomic E-state index is 13.4. The lowest BCUT2D eigenvalue weighted by atomic mass is 9.94. The van der Waals surface area contributed by atoms with Crippen LogP contribution in [-0.4, -0.2) is 51.2 Å². The first-order valence-electron chi connectivity index (χ1n) is 7.27. The number of nitrogens with zero attached hydrogens (tertiary/aromatic N) is 2. The highest BCUT2D eigenvalue weighted by molar-refractivity contribution is 7.09. The van der Waals surface area contributed by atoms with Gasteiger partial charge in [0, 0.05) is 24.2 Å². The van der Waals surface area contributed by atoms with Crippen molar-refractivity contribution in [2.75, 3.05) is 13.1 Å². The van der Waals surface area contributed by atoms with E-state index in [9.17, 15) is 27.9 Å². The van der Waals surface area contributed by atoms with Crippen LogP contribution in [-0.2, 0) is 15.2 Å². The third-order valence-electron chi connectivity index (χ3n) is 4.05. The van der Waals surface area contributed by atoms with Gasteiger partial charge in [-0.2, -0.15) is 13.2 Å². The van der Waals surface area contributed by atoms with Crippen LogP contribution in [0.25, 0.3) is 0 Å². The van der Waals surface area contributed by atoms with E-state index in [2.05, 4.69) is 4.98 Å². The van der Waals surface area contributed by atoms with Gasteiger partial charge in [-0.15, -0.1) is 11.3 Å². The van der Waals surface area contributed by atoms with E-state index in [1.165, 1.54) is 12.3 Å². The molecule has 2 rings (SSSR count). The molecule has 134 valence electrons. The number of aliphatic hydroxyl groups is 1. The minimum atomic E-state index is -5.05. The fourth-order valence-corrected chi connectivity index (χ4v) is 3.46. The van der Waals surface area contributed by atoms with Crippen LogP contribution < -0.4 is 0 Å². The number of carboxylic acid groups (broad SMARTS) is 1. The Balaban J connectivity index is 2.13. The Morgan fingerprint density at radius 1 is 1.38 bits per heavy atom. The summed E-state index contributed by atoms with van der Waals surface area (Å²) in [4.78, 5) is 27.9. The van der Waals surface area contributed by atoms with Crippen molar-refractivity contribution in [3.8, 4) is 0 Å². The van der Waals surface area contributed by atoms with Crippen LogP contribution >= 0.6 is 11.3 Å². The van der Waals surface area contributed by atoms with E-state index in [-0.39, 0.29) is 25.9 Å². The second-order valence-electron chi connectivity index (χ2n) is 5.82. The molecular formula is C14H17F3N2O4S. The third kappa shape index (κ3) is 3.69. The maximum absolute atomic E-state index is 13.4. The van der Waals surface area contributed by atoms with Crippen LogP contribution in [0, 0.1) is 12.8 Å². The van der Waals surface area contributed by atoms with E-state index >= 15 is 0 Å². The van der Waals surface area contributed by atoms with Crippen LogP contribution in [0.15, 0.2) is 5.38 Å². The molecule has 1 aliphatic heterocycles. The van der Waals surface area contributed by atoms with Crippen molar-refractivity contribution in [3.05, 3.63) is 16.1 Å². The van der Waals surface area contributed by atoms with Gasteiger partial charge in [-0.3, -0.25) is 9.59 Å². The zero-order chi connectivity index (χ0) is 18.1. The summed E-state index contributed by atoms with van der Waals surface area (Å²) < 4.78 is 40.1. The number of aliphatic carboxylic acids is 1. The second-order valence-corrected chi connectivity index (χ2v) is 6.68. The summed E-state index contributed by atoms with van der Waals surface area (Å²) in [5.41, 5.74) is -3.01. The van der Waals surface area contributed by atoms with Gasteiger partial charge in [0.2, 0.25) is 11.5 Å². The zero-order valence-corrected chi connectivity index (χ0v) is 13.7. The number of hydrogen-bond acceptors (Lipinski definition) is 5. The van der Waals surface area contributed by atoms with Gasteiger partial charge in [0.25, 0.3) is 0 Å². The summed E-state index contributed by atoms with van der Waals surface area (Å²) in [6, 6.07) is 0. The van der Waals surface area contributed by atoms with Crippen LogP contribution in [0.4, 0.5) is 13.2 Å². The first-order chi connectivity index (χ1) is 11.0. The Morgan fingerprint density at radius 3 is 2.38 bits per heavy atom. The summed E-state index contributed by atoms with van der Waals surface area (Å²) in [6.45, 7) is 1.61. The van der Waals surface area contributed by atoms with Gasteiger partial charge < -0.3 is 15.1 Å². The standard InChI is InChI=1S/C14H17F3N2O4S/c1-8-7-24-12(18-8)13(23,14(15,16)17)6-10(20)19-4-2-9(3-5-19)11(21)22/h7,9,23H,2-6H2,1H3,(H,21,22). The number of alkyl halides is 3. The lowest BCUT2D eigenvalue weighted by Gasteiger charge is -2.34. The van der Waals surface area contributed by atoms with Gasteiger partial charge in [0.1, 0.15) is 5.01 Å². The molecule has 1 saturated heterocycles. The molecule has 24 heavy (non-hydrogen) atoms. The third-order valence-corrected chi connectivity index (χ3v) is 5.16. The molecule has 0 saturated carbocycles. The Kier molecular flexibility index (Phi) is 5.19. The van der Waals surface area contributed by atoms with Gasteiger partial charge in [0.15, 0.2) is 0 Å². The fourth-order valence-electron chi connectivity index (χ4n) is 2.55. The first kappa shape index (κ1) is 18.7. The smallest absolute Gasteiger partial charge is 0.424 e. The molecular weight excluding hydrogens is 349 g/mol. The van der Waals surface area contributed by atoms with Crippen molar-refractivity contribution in [2.45, 2.75) is 38.0 Å². The number of aromatic nitrogens is 1. The Morgan fingerprint density at radius 2 is 1.96 bits per heavy atom. The molecule has 2 N–H and O–H groups in total. The number of carbonyl (C=O) groups is 2. The summed E-state index contributed by atoms with van der Waals surface area (Å²) in [5.74, 6) is -2.45. The molecule has 0 spiro atoms. The summed E-state index contributed by atoms with van der Waals surface area (Å²) >= 11 is 0.647. The zero-order valence-electron chi connectivity index (χ0n) is 12.8. The largest absolute Gasteiger partial charge is 0.481 e. The Hall–Kier alpha value is -1.68. The first-order valence-corrected chi connectivity index (χ1v) is 8.15. The number of carboxylic acids is 1. The molecule has 0 aromatic carbocycles. The predicted octanol–water partition coefficient (Wildman–Crippen LogP) is 1.91. The van der Waals surface area contributed by atoms with E-state index < -0.39 is 41.0 Å². The number of aryl methyl sites for hydroxylation is 1. The quantitative estimate of drug-likeness (QED) is 0.850. The predicted molar refractivity (Wildman–Crippen MR) is 78.4 cm³/mol. The lowest BCUT2D eigenvalue weighted by Crippen LogP contribution is -2.48. The molecule has 1 unspecified atom stereocenters. The van der Waals surface area contributed by atoms with E-state index in [0.29, 0.717) is 17.0 Å². The average Bonchev–Trinajstić information content (AvgIpc) is 2.93. The number of rotatable bonds is 4. The molecule has 2 heterocycles. The molecule has 1 fully saturated rings. The summed E-state index contributed by atoms with van der Waals surface area (Å²) in [7, 11) is 0. The fraction of sp³-hybridized carbons (Fsp3) is 0.643. The van der Waals surface area contributed by atoms with Gasteiger partial charge >= 0.3 is 12.1 Å². The van der Waals surface area contributed by atoms with Crippen molar-refractivity contribution < 1.29 is 33.0 Å². The molecule has 1 amide bonds. The normalized spacial score (nSPS) is 19.1. The minimum Gasteiger partial charge on any atom is -0.481 e. The number of carbonyl (C=O) groups excluding carboxylic acids is 1. The molecule has 1 aromatic heterocycles. The van der Waals surface area contributed by atoms with Crippen LogP contribution in [0.2, 0.25) is 0 Å². The van der Waals surface area contributed by atoms with Gasteiger partial charge in [-0.1, -0.05) is 0 Å². The van der Waals surface area contributed by atoms with Gasteiger partial charge in [-0.05, 0) is 19.8 Å². The topological polar surface area (TPSA) is 90.7 Å². The number of halogens is 3. The molecule has 0 bridgehead atoms. The SMILES string of the molecule is Cc1csc(C(O)(CC(=O)N2CCC(C(=O)O)CC2)C(F)(F)F)n1. The van der Waals surface area contributed by atoms with Crippen molar-refractivity contribution in [3.63, 3.8) is 0 Å². The molecule has 1 aromatic rings. The van der Waals surface area contributed by atoms with Gasteiger partial charge in [0.05, 0.1) is 12.3 Å². The van der Waals surface area contributed by atoms with E-state index in [4.69, 9.17) is 5.11 Å². The molecule has 0 aliphatic carbocycles. The molecule has 10 heteroatoms. The van der Waals surface area contributed by atoms with Crippen LogP contribution in [0.1, 0.15) is 30.0 Å². The number of piperidine rings is 1. The molecule has 0 radical (unpaired) electrons. The molecule has 6 nitrogen and oxygen atoms in total. The average molecular weight is 366 g/mol. The van der Waals surface area contributed by atoms with E-state index in [1.54, 1.807) is 0 Å². The number of amides is 1.